The predicted molar refractivity (Wildman–Crippen MR) is 133 cm³/mol. The van der Waals surface area contributed by atoms with Crippen LogP contribution < -0.4 is 10.1 Å². The Morgan fingerprint density at radius 2 is 1.94 bits per heavy atom. The van der Waals surface area contributed by atoms with Crippen molar-refractivity contribution >= 4 is 17.5 Å². The van der Waals surface area contributed by atoms with E-state index >= 15 is 0 Å². The maximum Gasteiger partial charge on any atom is 0.258 e. The number of carbonyl (C=O) groups is 2. The van der Waals surface area contributed by atoms with E-state index in [-0.39, 0.29) is 42.4 Å². The number of rotatable bonds is 8. The van der Waals surface area contributed by atoms with Crippen LogP contribution in [0.25, 0.3) is 0 Å². The maximum atomic E-state index is 13.5. The van der Waals surface area contributed by atoms with Gasteiger partial charge in [0.25, 0.3) is 5.91 Å². The van der Waals surface area contributed by atoms with Gasteiger partial charge in [-0.2, -0.15) is 0 Å². The summed E-state index contributed by atoms with van der Waals surface area (Å²) in [6.45, 7) is 6.27. The van der Waals surface area contributed by atoms with Crippen LogP contribution in [0, 0.1) is 17.8 Å². The molecular formula is C27H41N3O4. The van der Waals surface area contributed by atoms with Gasteiger partial charge in [0.05, 0.1) is 18.2 Å². The molecule has 188 valence electrons. The number of aliphatic hydroxyl groups is 1. The summed E-state index contributed by atoms with van der Waals surface area (Å²) in [5.74, 6) is 1.33. The molecule has 2 amide bonds. The molecule has 2 fully saturated rings. The summed E-state index contributed by atoms with van der Waals surface area (Å²) < 4.78 is 6.50. The van der Waals surface area contributed by atoms with E-state index in [0.29, 0.717) is 23.5 Å². The Balaban J connectivity index is 1.55. The third-order valence-electron chi connectivity index (χ3n) is 7.67. The molecular weight excluding hydrogens is 430 g/mol. The first kappa shape index (κ1) is 25.0. The summed E-state index contributed by atoms with van der Waals surface area (Å²) in [5.41, 5.74) is 1.06. The highest BCUT2D eigenvalue weighted by atomic mass is 16.5. The van der Waals surface area contributed by atoms with Gasteiger partial charge in [0.1, 0.15) is 11.9 Å². The highest BCUT2D eigenvalue weighted by Crippen LogP contribution is 2.33. The molecule has 1 aromatic carbocycles. The molecule has 2 N–H and O–H groups in total. The van der Waals surface area contributed by atoms with E-state index in [0.717, 1.165) is 31.8 Å². The highest BCUT2D eigenvalue weighted by Gasteiger charge is 2.34. The fraction of sp³-hybridized carbons (Fsp3) is 0.704. The van der Waals surface area contributed by atoms with E-state index < -0.39 is 0 Å². The van der Waals surface area contributed by atoms with Gasteiger partial charge in [0.2, 0.25) is 5.91 Å². The number of aliphatic hydroxyl groups excluding tert-OH is 1. The third-order valence-corrected chi connectivity index (χ3v) is 7.67. The van der Waals surface area contributed by atoms with E-state index in [4.69, 9.17) is 4.74 Å². The Bertz CT molecular complexity index is 865. The van der Waals surface area contributed by atoms with Crippen molar-refractivity contribution in [3.63, 3.8) is 0 Å². The number of nitrogens with one attached hydrogen (secondary N) is 1. The van der Waals surface area contributed by atoms with Gasteiger partial charge in [-0.3, -0.25) is 9.59 Å². The zero-order chi connectivity index (χ0) is 24.2. The topological polar surface area (TPSA) is 82.1 Å². The zero-order valence-corrected chi connectivity index (χ0v) is 21.0. The fourth-order valence-corrected chi connectivity index (χ4v) is 5.30. The molecule has 0 unspecified atom stereocenters. The van der Waals surface area contributed by atoms with Gasteiger partial charge in [0.15, 0.2) is 0 Å². The molecule has 3 aliphatic rings. The molecule has 34 heavy (non-hydrogen) atoms. The number of hydrogen-bond acceptors (Lipinski definition) is 5. The molecule has 0 aromatic heterocycles. The van der Waals surface area contributed by atoms with Crippen molar-refractivity contribution in [3.05, 3.63) is 23.8 Å². The molecule has 0 radical (unpaired) electrons. The van der Waals surface area contributed by atoms with Crippen LogP contribution in [-0.4, -0.2) is 72.2 Å². The average Bonchev–Trinajstić information content (AvgIpc) is 3.67. The Hall–Kier alpha value is -2.12. The standard InChI is InChI=1S/C27H41N3O4/c1-18-14-30(19(2)17-31)27(33)23-13-22(28-26(32)21-9-10-21)11-12-24(23)34-25(18)16-29(3)15-20-7-5-4-6-8-20/h11-13,18-21,25,31H,4-10,14-17H2,1-3H3,(H,28,32)/t18-,19-,25+/m1/s1. The molecule has 2 saturated carbocycles. The molecule has 3 atom stereocenters. The molecule has 1 aromatic rings. The van der Waals surface area contributed by atoms with Crippen LogP contribution >= 0.6 is 0 Å². The lowest BCUT2D eigenvalue weighted by Gasteiger charge is -2.38. The number of ether oxygens (including phenoxy) is 1. The number of amides is 2. The number of carbonyl (C=O) groups excluding carboxylic acids is 2. The van der Waals surface area contributed by atoms with Crippen molar-refractivity contribution in [2.75, 3.05) is 38.6 Å². The van der Waals surface area contributed by atoms with Crippen LogP contribution in [0.15, 0.2) is 18.2 Å². The quantitative estimate of drug-likeness (QED) is 0.603. The minimum atomic E-state index is -0.300. The normalized spacial score (nSPS) is 24.7. The van der Waals surface area contributed by atoms with Crippen LogP contribution in [0.4, 0.5) is 5.69 Å². The minimum absolute atomic E-state index is 0.00980. The molecule has 7 heteroatoms. The largest absolute Gasteiger partial charge is 0.488 e. The van der Waals surface area contributed by atoms with Crippen LogP contribution in [0.2, 0.25) is 0 Å². The molecule has 0 bridgehead atoms. The van der Waals surface area contributed by atoms with Gasteiger partial charge in [0, 0.05) is 37.2 Å². The van der Waals surface area contributed by atoms with Gasteiger partial charge in [-0.15, -0.1) is 0 Å². The smallest absolute Gasteiger partial charge is 0.258 e. The lowest BCUT2D eigenvalue weighted by Crippen LogP contribution is -2.50. The molecule has 0 spiro atoms. The maximum absolute atomic E-state index is 13.5. The van der Waals surface area contributed by atoms with Gasteiger partial charge in [-0.05, 0) is 63.8 Å². The van der Waals surface area contributed by atoms with Gasteiger partial charge in [-0.25, -0.2) is 0 Å². The number of hydrogen-bond donors (Lipinski definition) is 2. The molecule has 2 aliphatic carbocycles. The lowest BCUT2D eigenvalue weighted by atomic mass is 9.89. The third kappa shape index (κ3) is 6.11. The summed E-state index contributed by atoms with van der Waals surface area (Å²) in [4.78, 5) is 29.9. The summed E-state index contributed by atoms with van der Waals surface area (Å²) >= 11 is 0. The summed E-state index contributed by atoms with van der Waals surface area (Å²) in [5, 5.41) is 12.8. The van der Waals surface area contributed by atoms with Gasteiger partial charge >= 0.3 is 0 Å². The second kappa shape index (κ2) is 11.1. The Morgan fingerprint density at radius 3 is 2.62 bits per heavy atom. The SMILES string of the molecule is C[C@@H]1CN([C@H](C)CO)C(=O)c2cc(NC(=O)C3CC3)ccc2O[C@H]1CN(C)CC1CCCCC1. The van der Waals surface area contributed by atoms with Crippen molar-refractivity contribution in [2.45, 2.75) is 70.9 Å². The van der Waals surface area contributed by atoms with Crippen LogP contribution in [0.1, 0.15) is 69.2 Å². The summed E-state index contributed by atoms with van der Waals surface area (Å²) in [6.07, 6.45) is 8.40. The van der Waals surface area contributed by atoms with Crippen molar-refractivity contribution in [3.8, 4) is 5.75 Å². The molecule has 1 aliphatic heterocycles. The predicted octanol–water partition coefficient (Wildman–Crippen LogP) is 3.77. The number of fused-ring (bicyclic) bond motifs is 1. The number of benzene rings is 1. The highest BCUT2D eigenvalue weighted by molar-refractivity contribution is 6.00. The lowest BCUT2D eigenvalue weighted by molar-refractivity contribution is -0.117. The van der Waals surface area contributed by atoms with Crippen LogP contribution in [0.3, 0.4) is 0 Å². The van der Waals surface area contributed by atoms with Crippen molar-refractivity contribution in [1.82, 2.24) is 9.80 Å². The van der Waals surface area contributed by atoms with E-state index in [2.05, 4.69) is 24.2 Å². The van der Waals surface area contributed by atoms with E-state index in [1.165, 1.54) is 32.1 Å². The van der Waals surface area contributed by atoms with E-state index in [1.807, 2.05) is 19.1 Å². The van der Waals surface area contributed by atoms with Crippen molar-refractivity contribution in [1.29, 1.82) is 0 Å². The molecule has 4 rings (SSSR count). The average molecular weight is 472 g/mol. The van der Waals surface area contributed by atoms with Crippen molar-refractivity contribution < 1.29 is 19.4 Å². The second-order valence-electron chi connectivity index (χ2n) is 10.8. The Kier molecular flexibility index (Phi) is 8.14. The van der Waals surface area contributed by atoms with Crippen LogP contribution in [0.5, 0.6) is 5.75 Å². The summed E-state index contributed by atoms with van der Waals surface area (Å²) in [7, 11) is 2.17. The monoisotopic (exact) mass is 471 g/mol. The van der Waals surface area contributed by atoms with Crippen molar-refractivity contribution in [2.24, 2.45) is 17.8 Å². The number of anilines is 1. The summed E-state index contributed by atoms with van der Waals surface area (Å²) in [6, 6.07) is 5.06. The number of nitrogens with zero attached hydrogens (tertiary/aromatic N) is 2. The number of likely N-dealkylation sites (N-methyl/N-ethyl adjacent to an activating group) is 1. The first-order valence-corrected chi connectivity index (χ1v) is 13.1. The minimum Gasteiger partial charge on any atom is -0.488 e. The van der Waals surface area contributed by atoms with Gasteiger partial charge < -0.3 is 25.0 Å². The molecule has 0 saturated heterocycles. The van der Waals surface area contributed by atoms with Crippen LogP contribution in [-0.2, 0) is 4.79 Å². The molecule has 7 nitrogen and oxygen atoms in total. The Morgan fingerprint density at radius 1 is 1.21 bits per heavy atom. The van der Waals surface area contributed by atoms with E-state index in [1.54, 1.807) is 11.0 Å². The molecule has 1 heterocycles. The zero-order valence-electron chi connectivity index (χ0n) is 21.0. The van der Waals surface area contributed by atoms with E-state index in [9.17, 15) is 14.7 Å². The first-order valence-electron chi connectivity index (χ1n) is 13.1. The fourth-order valence-electron chi connectivity index (χ4n) is 5.30. The second-order valence-corrected chi connectivity index (χ2v) is 10.8. The Labute approximate surface area is 203 Å². The van der Waals surface area contributed by atoms with Gasteiger partial charge in [-0.1, -0.05) is 26.2 Å². The first-order chi connectivity index (χ1) is 16.4.